The minimum Gasteiger partial charge on any atom is -0.306 e. The highest BCUT2D eigenvalue weighted by atomic mass is 14.9. The number of benzene rings is 1. The Kier molecular flexibility index (Phi) is 5.58. The molecule has 16 heavy (non-hydrogen) atoms. The Morgan fingerprint density at radius 2 is 2.00 bits per heavy atom. The summed E-state index contributed by atoms with van der Waals surface area (Å²) >= 11 is 0. The van der Waals surface area contributed by atoms with E-state index >= 15 is 0 Å². The third-order valence-corrected chi connectivity index (χ3v) is 2.37. The minimum atomic E-state index is 0.391. The molecule has 1 aromatic rings. The molecule has 0 radical (unpaired) electrons. The van der Waals surface area contributed by atoms with Gasteiger partial charge < -0.3 is 5.32 Å². The molecule has 86 valence electrons. The molecule has 1 N–H and O–H groups in total. The molecular weight excluding hydrogens is 194 g/mol. The first-order valence-corrected chi connectivity index (χ1v) is 5.75. The normalized spacial score (nSPS) is 11.9. The third kappa shape index (κ3) is 4.94. The first-order valence-electron chi connectivity index (χ1n) is 5.75. The molecule has 1 rings (SSSR count). The van der Waals surface area contributed by atoms with Gasteiger partial charge in [0.1, 0.15) is 0 Å². The maximum Gasteiger partial charge on any atom is 0.0290 e. The Balaban J connectivity index is 2.50. The second kappa shape index (κ2) is 7.02. The summed E-state index contributed by atoms with van der Waals surface area (Å²) in [6.45, 7) is 8.95. The first kappa shape index (κ1) is 12.7. The summed E-state index contributed by atoms with van der Waals surface area (Å²) in [5.74, 6) is 0. The molecule has 0 fully saturated rings. The van der Waals surface area contributed by atoms with E-state index in [1.807, 2.05) is 12.1 Å². The van der Waals surface area contributed by atoms with Crippen molar-refractivity contribution in [1.82, 2.24) is 5.32 Å². The predicted molar refractivity (Wildman–Crippen MR) is 71.3 cm³/mol. The van der Waals surface area contributed by atoms with Crippen molar-refractivity contribution >= 4 is 0 Å². The molecule has 1 unspecified atom stereocenters. The highest BCUT2D eigenvalue weighted by Gasteiger charge is 2.02. The van der Waals surface area contributed by atoms with Gasteiger partial charge in [0, 0.05) is 12.6 Å². The van der Waals surface area contributed by atoms with Crippen molar-refractivity contribution in [3.63, 3.8) is 0 Å². The average molecular weight is 215 g/mol. The molecule has 1 atom stereocenters. The van der Waals surface area contributed by atoms with Crippen molar-refractivity contribution in [3.8, 4) is 0 Å². The molecule has 1 heteroatoms. The Bertz CT molecular complexity index is 334. The molecule has 0 aromatic heterocycles. The molecule has 1 nitrogen and oxygen atoms in total. The van der Waals surface area contributed by atoms with Crippen LogP contribution < -0.4 is 5.32 Å². The second-order valence-corrected chi connectivity index (χ2v) is 4.24. The number of allylic oxidation sites excluding steroid dienone is 1. The molecule has 0 amide bonds. The van der Waals surface area contributed by atoms with Gasteiger partial charge >= 0.3 is 0 Å². The van der Waals surface area contributed by atoms with Crippen LogP contribution in [0, 0.1) is 0 Å². The van der Waals surface area contributed by atoms with Crippen molar-refractivity contribution in [1.29, 1.82) is 0 Å². The van der Waals surface area contributed by atoms with Crippen LogP contribution in [0.2, 0.25) is 0 Å². The monoisotopic (exact) mass is 215 g/mol. The Labute approximate surface area is 98.9 Å². The van der Waals surface area contributed by atoms with Crippen LogP contribution in [0.15, 0.2) is 54.6 Å². The number of hydrogen-bond donors (Lipinski definition) is 1. The molecule has 0 spiro atoms. The molecule has 0 saturated carbocycles. The van der Waals surface area contributed by atoms with Gasteiger partial charge in [-0.3, -0.25) is 0 Å². The lowest BCUT2D eigenvalue weighted by Gasteiger charge is -2.14. The van der Waals surface area contributed by atoms with Crippen LogP contribution in [0.1, 0.15) is 25.8 Å². The Hall–Kier alpha value is -1.34. The summed E-state index contributed by atoms with van der Waals surface area (Å²) in [6.07, 6.45) is 5.19. The van der Waals surface area contributed by atoms with Crippen LogP contribution in [-0.4, -0.2) is 6.04 Å². The standard InChI is InChI=1S/C15H21N/c1-4-8-15(11-13(2)3)16-12-14-9-6-5-7-10-14/h4-7,9-11,15-16H,1,8,12H2,2-3H3. The van der Waals surface area contributed by atoms with Gasteiger partial charge in [0.25, 0.3) is 0 Å². The van der Waals surface area contributed by atoms with Crippen LogP contribution in [0.5, 0.6) is 0 Å². The van der Waals surface area contributed by atoms with E-state index < -0.39 is 0 Å². The summed E-state index contributed by atoms with van der Waals surface area (Å²) in [4.78, 5) is 0. The van der Waals surface area contributed by atoms with Gasteiger partial charge in [-0.25, -0.2) is 0 Å². The van der Waals surface area contributed by atoms with Gasteiger partial charge in [0.2, 0.25) is 0 Å². The molecule has 0 aliphatic carbocycles. The van der Waals surface area contributed by atoms with E-state index in [-0.39, 0.29) is 0 Å². The van der Waals surface area contributed by atoms with Crippen molar-refractivity contribution in [2.24, 2.45) is 0 Å². The fourth-order valence-electron chi connectivity index (χ4n) is 1.64. The van der Waals surface area contributed by atoms with Gasteiger partial charge in [-0.05, 0) is 25.8 Å². The molecular formula is C15H21N. The number of rotatable bonds is 6. The minimum absolute atomic E-state index is 0.391. The quantitative estimate of drug-likeness (QED) is 0.714. The van der Waals surface area contributed by atoms with E-state index in [1.165, 1.54) is 11.1 Å². The van der Waals surface area contributed by atoms with E-state index in [9.17, 15) is 0 Å². The fourth-order valence-corrected chi connectivity index (χ4v) is 1.64. The van der Waals surface area contributed by atoms with Gasteiger partial charge in [0.15, 0.2) is 0 Å². The van der Waals surface area contributed by atoms with Crippen molar-refractivity contribution in [3.05, 3.63) is 60.2 Å². The van der Waals surface area contributed by atoms with Gasteiger partial charge in [-0.1, -0.05) is 48.1 Å². The van der Waals surface area contributed by atoms with Crippen LogP contribution in [0.25, 0.3) is 0 Å². The maximum atomic E-state index is 3.79. The van der Waals surface area contributed by atoms with Crippen molar-refractivity contribution in [2.75, 3.05) is 0 Å². The predicted octanol–water partition coefficient (Wildman–Crippen LogP) is 3.69. The van der Waals surface area contributed by atoms with Crippen LogP contribution >= 0.6 is 0 Å². The topological polar surface area (TPSA) is 12.0 Å². The zero-order chi connectivity index (χ0) is 11.8. The summed E-state index contributed by atoms with van der Waals surface area (Å²) in [7, 11) is 0. The highest BCUT2D eigenvalue weighted by Crippen LogP contribution is 2.03. The lowest BCUT2D eigenvalue weighted by atomic mass is 10.1. The smallest absolute Gasteiger partial charge is 0.0290 e. The van der Waals surface area contributed by atoms with Crippen LogP contribution in [-0.2, 0) is 6.54 Å². The molecule has 0 aliphatic rings. The van der Waals surface area contributed by atoms with Crippen molar-refractivity contribution < 1.29 is 0 Å². The Morgan fingerprint density at radius 3 is 2.56 bits per heavy atom. The van der Waals surface area contributed by atoms with Gasteiger partial charge in [-0.2, -0.15) is 0 Å². The lowest BCUT2D eigenvalue weighted by molar-refractivity contribution is 0.595. The Morgan fingerprint density at radius 1 is 1.31 bits per heavy atom. The average Bonchev–Trinajstić information content (AvgIpc) is 2.27. The van der Waals surface area contributed by atoms with Crippen molar-refractivity contribution in [2.45, 2.75) is 32.9 Å². The molecule has 0 aliphatic heterocycles. The highest BCUT2D eigenvalue weighted by molar-refractivity contribution is 5.15. The summed E-state index contributed by atoms with van der Waals surface area (Å²) < 4.78 is 0. The maximum absolute atomic E-state index is 3.79. The van der Waals surface area contributed by atoms with Crippen LogP contribution in [0.4, 0.5) is 0 Å². The van der Waals surface area contributed by atoms with Gasteiger partial charge in [-0.15, -0.1) is 6.58 Å². The number of nitrogens with one attached hydrogen (secondary N) is 1. The van der Waals surface area contributed by atoms with E-state index in [0.717, 1.165) is 13.0 Å². The summed E-state index contributed by atoms with van der Waals surface area (Å²) in [5, 5.41) is 3.52. The zero-order valence-corrected chi connectivity index (χ0v) is 10.2. The number of hydrogen-bond acceptors (Lipinski definition) is 1. The lowest BCUT2D eigenvalue weighted by Crippen LogP contribution is -2.26. The van der Waals surface area contributed by atoms with E-state index in [4.69, 9.17) is 0 Å². The molecule has 0 bridgehead atoms. The summed E-state index contributed by atoms with van der Waals surface area (Å²) in [5.41, 5.74) is 2.66. The van der Waals surface area contributed by atoms with Gasteiger partial charge in [0.05, 0.1) is 0 Å². The zero-order valence-electron chi connectivity index (χ0n) is 10.2. The first-order chi connectivity index (χ1) is 7.72. The van der Waals surface area contributed by atoms with E-state index in [1.54, 1.807) is 0 Å². The summed E-state index contributed by atoms with van der Waals surface area (Å²) in [6, 6.07) is 10.9. The second-order valence-electron chi connectivity index (χ2n) is 4.24. The SMILES string of the molecule is C=CCC(C=C(C)C)NCc1ccccc1. The van der Waals surface area contributed by atoms with Crippen LogP contribution in [0.3, 0.4) is 0 Å². The van der Waals surface area contributed by atoms with E-state index in [0.29, 0.717) is 6.04 Å². The van der Waals surface area contributed by atoms with E-state index in [2.05, 4.69) is 56.1 Å². The molecule has 1 aromatic carbocycles. The molecule has 0 heterocycles. The third-order valence-electron chi connectivity index (χ3n) is 2.37. The largest absolute Gasteiger partial charge is 0.306 e. The molecule has 0 saturated heterocycles. The fraction of sp³-hybridized carbons (Fsp3) is 0.333.